The molecule has 0 aliphatic heterocycles. The summed E-state index contributed by atoms with van der Waals surface area (Å²) in [6.07, 6.45) is 2.84. The largest absolute Gasteiger partial charge is 0.497 e. The molecule has 1 aromatic heterocycles. The molecule has 1 N–H and O–H groups in total. The number of fused-ring (bicyclic) bond motifs is 3. The highest BCUT2D eigenvalue weighted by atomic mass is 16.5. The molecule has 174 valence electrons. The van der Waals surface area contributed by atoms with Crippen LogP contribution in [0.2, 0.25) is 0 Å². The van der Waals surface area contributed by atoms with E-state index in [1.807, 2.05) is 36.5 Å². The monoisotopic (exact) mass is 446 g/mol. The summed E-state index contributed by atoms with van der Waals surface area (Å²) in [5, 5.41) is 3.35. The van der Waals surface area contributed by atoms with Crippen molar-refractivity contribution in [2.75, 3.05) is 38.7 Å². The van der Waals surface area contributed by atoms with Crippen LogP contribution >= 0.6 is 0 Å². The molecule has 0 saturated heterocycles. The molecule has 0 fully saturated rings. The van der Waals surface area contributed by atoms with Gasteiger partial charge in [-0.2, -0.15) is 0 Å². The highest BCUT2D eigenvalue weighted by Crippen LogP contribution is 2.43. The molecule has 4 rings (SSSR count). The highest BCUT2D eigenvalue weighted by molar-refractivity contribution is 5.74. The van der Waals surface area contributed by atoms with E-state index in [0.29, 0.717) is 12.6 Å². The molecule has 6 heteroatoms. The number of rotatable bonds is 9. The van der Waals surface area contributed by atoms with Crippen LogP contribution in [0, 0.1) is 0 Å². The third-order valence-electron chi connectivity index (χ3n) is 6.37. The standard InChI is InChI=1S/C27H34N4O2/c1-6-31(7-2)13-14-33-22-10-8-9-20(15-22)29-26-28-18-19-17-27(3,4)24-12-11-21(32-5)16-23(24)25(19)30-26/h8-12,15-16,18H,6-7,13-14,17H2,1-5H3,(H,28,29,30). The average Bonchev–Trinajstić information content (AvgIpc) is 2.82. The lowest BCUT2D eigenvalue weighted by Crippen LogP contribution is -2.27. The Labute approximate surface area is 197 Å². The molecule has 1 heterocycles. The molecule has 0 saturated carbocycles. The fraction of sp³-hybridized carbons (Fsp3) is 0.407. The zero-order chi connectivity index (χ0) is 23.4. The Kier molecular flexibility index (Phi) is 6.84. The lowest BCUT2D eigenvalue weighted by molar-refractivity contribution is 0.223. The Morgan fingerprint density at radius 2 is 1.88 bits per heavy atom. The summed E-state index contributed by atoms with van der Waals surface area (Å²) in [7, 11) is 1.70. The van der Waals surface area contributed by atoms with E-state index in [0.717, 1.165) is 60.1 Å². The van der Waals surface area contributed by atoms with Crippen LogP contribution in [0.15, 0.2) is 48.7 Å². The van der Waals surface area contributed by atoms with E-state index in [-0.39, 0.29) is 5.41 Å². The number of anilines is 2. The lowest BCUT2D eigenvalue weighted by Gasteiger charge is -2.33. The summed E-state index contributed by atoms with van der Waals surface area (Å²) in [6.45, 7) is 12.5. The fourth-order valence-electron chi connectivity index (χ4n) is 4.46. The number of hydrogen-bond acceptors (Lipinski definition) is 6. The fourth-order valence-corrected chi connectivity index (χ4v) is 4.46. The van der Waals surface area contributed by atoms with Gasteiger partial charge in [0.05, 0.1) is 12.8 Å². The van der Waals surface area contributed by atoms with Crippen LogP contribution in [0.3, 0.4) is 0 Å². The van der Waals surface area contributed by atoms with Gasteiger partial charge < -0.3 is 19.7 Å². The van der Waals surface area contributed by atoms with Crippen molar-refractivity contribution in [3.05, 3.63) is 59.8 Å². The third-order valence-corrected chi connectivity index (χ3v) is 6.37. The smallest absolute Gasteiger partial charge is 0.227 e. The summed E-state index contributed by atoms with van der Waals surface area (Å²) in [6, 6.07) is 14.2. The van der Waals surface area contributed by atoms with Crippen molar-refractivity contribution in [1.82, 2.24) is 14.9 Å². The first-order valence-corrected chi connectivity index (χ1v) is 11.7. The van der Waals surface area contributed by atoms with Crippen molar-refractivity contribution in [3.8, 4) is 22.8 Å². The Bertz CT molecular complexity index is 1110. The van der Waals surface area contributed by atoms with Gasteiger partial charge in [-0.3, -0.25) is 0 Å². The lowest BCUT2D eigenvalue weighted by atomic mass is 9.72. The van der Waals surface area contributed by atoms with E-state index in [2.05, 4.69) is 55.0 Å². The maximum Gasteiger partial charge on any atom is 0.227 e. The quantitative estimate of drug-likeness (QED) is 0.472. The summed E-state index contributed by atoms with van der Waals surface area (Å²) >= 11 is 0. The molecule has 0 atom stereocenters. The van der Waals surface area contributed by atoms with Crippen molar-refractivity contribution in [2.45, 2.75) is 39.5 Å². The van der Waals surface area contributed by atoms with Crippen LogP contribution in [0.1, 0.15) is 38.8 Å². The van der Waals surface area contributed by atoms with Gasteiger partial charge in [0.15, 0.2) is 0 Å². The van der Waals surface area contributed by atoms with Gasteiger partial charge in [0, 0.05) is 30.1 Å². The van der Waals surface area contributed by atoms with Crippen molar-refractivity contribution in [3.63, 3.8) is 0 Å². The van der Waals surface area contributed by atoms with E-state index in [9.17, 15) is 0 Å². The Morgan fingerprint density at radius 3 is 2.64 bits per heavy atom. The van der Waals surface area contributed by atoms with E-state index < -0.39 is 0 Å². The van der Waals surface area contributed by atoms with Crippen LogP contribution < -0.4 is 14.8 Å². The molecule has 2 aromatic carbocycles. The summed E-state index contributed by atoms with van der Waals surface area (Å²) in [5.41, 5.74) is 5.43. The molecule has 6 nitrogen and oxygen atoms in total. The molecular weight excluding hydrogens is 412 g/mol. The second-order valence-electron chi connectivity index (χ2n) is 9.07. The van der Waals surface area contributed by atoms with Crippen LogP contribution in [-0.2, 0) is 11.8 Å². The minimum Gasteiger partial charge on any atom is -0.497 e. The molecule has 0 bridgehead atoms. The predicted octanol–water partition coefficient (Wildman–Crippen LogP) is 5.45. The predicted molar refractivity (Wildman–Crippen MR) is 134 cm³/mol. The van der Waals surface area contributed by atoms with E-state index in [1.165, 1.54) is 5.56 Å². The zero-order valence-corrected chi connectivity index (χ0v) is 20.3. The number of benzene rings is 2. The van der Waals surface area contributed by atoms with Crippen LogP contribution in [0.4, 0.5) is 11.6 Å². The Morgan fingerprint density at radius 1 is 1.06 bits per heavy atom. The average molecular weight is 447 g/mol. The van der Waals surface area contributed by atoms with Crippen molar-refractivity contribution >= 4 is 11.6 Å². The topological polar surface area (TPSA) is 59.5 Å². The van der Waals surface area contributed by atoms with Gasteiger partial charge in [0.1, 0.15) is 18.1 Å². The number of ether oxygens (including phenoxy) is 2. The maximum atomic E-state index is 5.97. The molecular formula is C27H34N4O2. The normalized spacial score (nSPS) is 13.9. The number of nitrogens with zero attached hydrogens (tertiary/aromatic N) is 3. The second-order valence-corrected chi connectivity index (χ2v) is 9.07. The summed E-state index contributed by atoms with van der Waals surface area (Å²) in [5.74, 6) is 2.24. The van der Waals surface area contributed by atoms with Crippen LogP contribution in [0.25, 0.3) is 11.3 Å². The van der Waals surface area contributed by atoms with Gasteiger partial charge in [-0.05, 0) is 60.3 Å². The zero-order valence-electron chi connectivity index (χ0n) is 20.3. The molecule has 1 aliphatic rings. The SMILES string of the molecule is CCN(CC)CCOc1cccc(Nc2ncc3c(n2)-c2cc(OC)ccc2C(C)(C)C3)c1. The first kappa shape index (κ1) is 23.1. The molecule has 0 amide bonds. The summed E-state index contributed by atoms with van der Waals surface area (Å²) < 4.78 is 11.5. The molecule has 1 aliphatic carbocycles. The first-order valence-electron chi connectivity index (χ1n) is 11.7. The van der Waals surface area contributed by atoms with Crippen molar-refractivity contribution < 1.29 is 9.47 Å². The van der Waals surface area contributed by atoms with Crippen molar-refractivity contribution in [2.24, 2.45) is 0 Å². The van der Waals surface area contributed by atoms with Gasteiger partial charge in [-0.15, -0.1) is 0 Å². The minimum atomic E-state index is 0.0176. The number of hydrogen-bond donors (Lipinski definition) is 1. The van der Waals surface area contributed by atoms with Gasteiger partial charge in [0.2, 0.25) is 5.95 Å². The molecule has 3 aromatic rings. The number of aromatic nitrogens is 2. The van der Waals surface area contributed by atoms with Gasteiger partial charge in [-0.25, -0.2) is 9.97 Å². The van der Waals surface area contributed by atoms with Gasteiger partial charge >= 0.3 is 0 Å². The van der Waals surface area contributed by atoms with E-state index >= 15 is 0 Å². The maximum absolute atomic E-state index is 5.97. The molecule has 33 heavy (non-hydrogen) atoms. The third kappa shape index (κ3) is 5.11. The Hall–Kier alpha value is -3.12. The Balaban J connectivity index is 1.54. The van der Waals surface area contributed by atoms with Crippen LogP contribution in [0.5, 0.6) is 11.5 Å². The van der Waals surface area contributed by atoms with E-state index in [1.54, 1.807) is 7.11 Å². The first-order chi connectivity index (χ1) is 15.9. The highest BCUT2D eigenvalue weighted by Gasteiger charge is 2.32. The van der Waals surface area contributed by atoms with Gasteiger partial charge in [0.25, 0.3) is 0 Å². The van der Waals surface area contributed by atoms with Gasteiger partial charge in [-0.1, -0.05) is 39.8 Å². The molecule has 0 unspecified atom stereocenters. The molecule has 0 spiro atoms. The second kappa shape index (κ2) is 9.79. The van der Waals surface area contributed by atoms with E-state index in [4.69, 9.17) is 14.5 Å². The van der Waals surface area contributed by atoms with Crippen LogP contribution in [-0.4, -0.2) is 48.2 Å². The molecule has 0 radical (unpaired) electrons. The number of likely N-dealkylation sites (N-methyl/N-ethyl adjacent to an activating group) is 1. The number of methoxy groups -OCH3 is 1. The number of nitrogens with one attached hydrogen (secondary N) is 1. The minimum absolute atomic E-state index is 0.0176. The van der Waals surface area contributed by atoms with Crippen molar-refractivity contribution in [1.29, 1.82) is 0 Å². The summed E-state index contributed by atoms with van der Waals surface area (Å²) in [4.78, 5) is 11.9.